The first-order valence-corrected chi connectivity index (χ1v) is 8.85. The molecule has 25 heavy (non-hydrogen) atoms. The lowest BCUT2D eigenvalue weighted by atomic mass is 10.0. The van der Waals surface area contributed by atoms with Crippen LogP contribution in [0.3, 0.4) is 0 Å². The van der Waals surface area contributed by atoms with Crippen LogP contribution in [-0.2, 0) is 17.6 Å². The zero-order chi connectivity index (χ0) is 17.5. The van der Waals surface area contributed by atoms with Crippen molar-refractivity contribution in [2.75, 3.05) is 26.1 Å². The van der Waals surface area contributed by atoms with Crippen LogP contribution in [0.1, 0.15) is 17.0 Å². The molecule has 5 nitrogen and oxygen atoms in total. The molecule has 1 N–H and O–H groups in total. The summed E-state index contributed by atoms with van der Waals surface area (Å²) in [6, 6.07) is 16.4. The van der Waals surface area contributed by atoms with Gasteiger partial charge in [0.1, 0.15) is 11.6 Å². The Bertz CT molecular complexity index is 805. The molecular formula is C19H21N3O2S. The predicted molar refractivity (Wildman–Crippen MR) is 101 cm³/mol. The van der Waals surface area contributed by atoms with E-state index >= 15 is 0 Å². The van der Waals surface area contributed by atoms with Gasteiger partial charge in [-0.1, -0.05) is 30.3 Å². The summed E-state index contributed by atoms with van der Waals surface area (Å²) < 4.78 is 14.9. The third-order valence-electron chi connectivity index (χ3n) is 3.77. The van der Waals surface area contributed by atoms with Gasteiger partial charge in [0.2, 0.25) is 5.13 Å². The van der Waals surface area contributed by atoms with Crippen LogP contribution in [0, 0.1) is 0 Å². The summed E-state index contributed by atoms with van der Waals surface area (Å²) >= 11 is 1.36. The molecule has 0 radical (unpaired) electrons. The summed E-state index contributed by atoms with van der Waals surface area (Å²) in [7, 11) is 3.38. The van der Waals surface area contributed by atoms with Crippen LogP contribution in [0.2, 0.25) is 0 Å². The second-order valence-electron chi connectivity index (χ2n) is 5.57. The molecule has 6 heteroatoms. The third kappa shape index (κ3) is 4.78. The first-order chi connectivity index (χ1) is 12.3. The van der Waals surface area contributed by atoms with Gasteiger partial charge in [0.05, 0.1) is 13.7 Å². The monoisotopic (exact) mass is 355 g/mol. The fourth-order valence-corrected chi connectivity index (χ4v) is 3.17. The van der Waals surface area contributed by atoms with Crippen molar-refractivity contribution >= 4 is 22.4 Å². The number of nitrogens with one attached hydrogen (secondary N) is 1. The molecule has 0 aliphatic heterocycles. The molecule has 1 aromatic heterocycles. The van der Waals surface area contributed by atoms with E-state index in [1.807, 2.05) is 30.3 Å². The lowest BCUT2D eigenvalue weighted by molar-refractivity contribution is 0.201. The molecular weight excluding hydrogens is 334 g/mol. The quantitative estimate of drug-likeness (QED) is 0.660. The maximum atomic E-state index is 5.50. The normalized spacial score (nSPS) is 10.6. The highest BCUT2D eigenvalue weighted by molar-refractivity contribution is 7.09. The molecule has 0 bridgehead atoms. The molecule has 0 aliphatic rings. The fraction of sp³-hybridized carbons (Fsp3) is 0.263. The van der Waals surface area contributed by atoms with E-state index in [0.29, 0.717) is 6.61 Å². The minimum Gasteiger partial charge on any atom is -0.496 e. The van der Waals surface area contributed by atoms with Gasteiger partial charge < -0.3 is 14.8 Å². The lowest BCUT2D eigenvalue weighted by Gasteiger charge is -2.11. The number of benzene rings is 2. The van der Waals surface area contributed by atoms with Gasteiger partial charge in [-0.25, -0.2) is 4.98 Å². The van der Waals surface area contributed by atoms with Crippen molar-refractivity contribution in [3.8, 4) is 5.75 Å². The van der Waals surface area contributed by atoms with E-state index < -0.39 is 0 Å². The van der Waals surface area contributed by atoms with Crippen molar-refractivity contribution in [2.24, 2.45) is 0 Å². The van der Waals surface area contributed by atoms with Gasteiger partial charge in [0.25, 0.3) is 0 Å². The van der Waals surface area contributed by atoms with Crippen LogP contribution in [0.25, 0.3) is 0 Å². The van der Waals surface area contributed by atoms with Gasteiger partial charge in [-0.2, -0.15) is 4.37 Å². The van der Waals surface area contributed by atoms with Gasteiger partial charge in [-0.3, -0.25) is 0 Å². The van der Waals surface area contributed by atoms with Gasteiger partial charge in [0.15, 0.2) is 0 Å². The van der Waals surface area contributed by atoms with E-state index in [1.165, 1.54) is 17.1 Å². The fourth-order valence-electron chi connectivity index (χ4n) is 2.53. The van der Waals surface area contributed by atoms with Gasteiger partial charge in [0, 0.05) is 42.7 Å². The number of hydrogen-bond donors (Lipinski definition) is 1. The Balaban J connectivity index is 1.75. The zero-order valence-corrected chi connectivity index (χ0v) is 15.2. The summed E-state index contributed by atoms with van der Waals surface area (Å²) in [6.45, 7) is 0.625. The van der Waals surface area contributed by atoms with Crippen molar-refractivity contribution in [3.05, 3.63) is 65.5 Å². The predicted octanol–water partition coefficient (Wildman–Crippen LogP) is 4.07. The van der Waals surface area contributed by atoms with Crippen LogP contribution in [0.5, 0.6) is 5.75 Å². The standard InChI is InChI=1S/C19H21N3O2S/c1-23-11-10-18-21-19(25-22-18)20-16-8-9-17(24-2)15(13-16)12-14-6-4-3-5-7-14/h3-9,13H,10-12H2,1-2H3,(H,20,21,22). The number of rotatable bonds is 8. The zero-order valence-electron chi connectivity index (χ0n) is 14.4. The summed E-state index contributed by atoms with van der Waals surface area (Å²) in [5.74, 6) is 1.68. The number of hydrogen-bond acceptors (Lipinski definition) is 6. The summed E-state index contributed by atoms with van der Waals surface area (Å²) in [4.78, 5) is 4.48. The average molecular weight is 355 g/mol. The van der Waals surface area contributed by atoms with Crippen LogP contribution in [0.15, 0.2) is 48.5 Å². The van der Waals surface area contributed by atoms with Crippen LogP contribution < -0.4 is 10.1 Å². The molecule has 0 saturated heterocycles. The van der Waals surface area contributed by atoms with E-state index in [9.17, 15) is 0 Å². The number of nitrogens with zero attached hydrogens (tertiary/aromatic N) is 2. The number of ether oxygens (including phenoxy) is 2. The highest BCUT2D eigenvalue weighted by Crippen LogP contribution is 2.27. The molecule has 0 aliphatic carbocycles. The molecule has 0 atom stereocenters. The second-order valence-corrected chi connectivity index (χ2v) is 6.32. The molecule has 1 heterocycles. The third-order valence-corrected chi connectivity index (χ3v) is 4.44. The van der Waals surface area contributed by atoms with Crippen LogP contribution >= 0.6 is 11.5 Å². The lowest BCUT2D eigenvalue weighted by Crippen LogP contribution is -1.98. The highest BCUT2D eigenvalue weighted by atomic mass is 32.1. The van der Waals surface area contributed by atoms with E-state index in [1.54, 1.807) is 14.2 Å². The van der Waals surface area contributed by atoms with Gasteiger partial charge >= 0.3 is 0 Å². The van der Waals surface area contributed by atoms with Gasteiger partial charge in [-0.05, 0) is 23.8 Å². The van der Waals surface area contributed by atoms with Crippen molar-refractivity contribution in [1.29, 1.82) is 0 Å². The van der Waals surface area contributed by atoms with Gasteiger partial charge in [-0.15, -0.1) is 0 Å². The van der Waals surface area contributed by atoms with E-state index in [4.69, 9.17) is 9.47 Å². The Kier molecular flexibility index (Phi) is 5.98. The molecule has 2 aromatic carbocycles. The first kappa shape index (κ1) is 17.4. The first-order valence-electron chi connectivity index (χ1n) is 8.08. The summed E-state index contributed by atoms with van der Waals surface area (Å²) in [5, 5.41) is 4.11. The molecule has 0 spiro atoms. The Labute approximate surface area is 151 Å². The SMILES string of the molecule is COCCc1nsc(Nc2ccc(OC)c(Cc3ccccc3)c2)n1. The highest BCUT2D eigenvalue weighted by Gasteiger charge is 2.08. The topological polar surface area (TPSA) is 56.3 Å². The summed E-state index contributed by atoms with van der Waals surface area (Å²) in [6.07, 6.45) is 1.53. The Morgan fingerprint density at radius 1 is 1.08 bits per heavy atom. The molecule has 0 saturated carbocycles. The molecule has 3 rings (SSSR count). The van der Waals surface area contributed by atoms with Crippen molar-refractivity contribution < 1.29 is 9.47 Å². The molecule has 0 unspecified atom stereocenters. The largest absolute Gasteiger partial charge is 0.496 e. The second kappa shape index (κ2) is 8.60. The Hall–Kier alpha value is -2.44. The Morgan fingerprint density at radius 3 is 2.68 bits per heavy atom. The molecule has 3 aromatic rings. The van der Waals surface area contributed by atoms with Crippen molar-refractivity contribution in [1.82, 2.24) is 9.36 Å². The summed E-state index contributed by atoms with van der Waals surface area (Å²) in [5.41, 5.74) is 3.35. The maximum Gasteiger partial charge on any atom is 0.207 e. The number of anilines is 2. The molecule has 130 valence electrons. The maximum absolute atomic E-state index is 5.50. The average Bonchev–Trinajstić information content (AvgIpc) is 3.08. The Morgan fingerprint density at radius 2 is 1.92 bits per heavy atom. The molecule has 0 amide bonds. The minimum absolute atomic E-state index is 0.625. The van der Waals surface area contributed by atoms with E-state index in [0.717, 1.165) is 40.8 Å². The number of methoxy groups -OCH3 is 2. The van der Waals surface area contributed by atoms with Crippen molar-refractivity contribution in [3.63, 3.8) is 0 Å². The number of aromatic nitrogens is 2. The van der Waals surface area contributed by atoms with Crippen LogP contribution in [-0.4, -0.2) is 30.2 Å². The molecule has 0 fully saturated rings. The van der Waals surface area contributed by atoms with Crippen molar-refractivity contribution in [2.45, 2.75) is 12.8 Å². The minimum atomic E-state index is 0.625. The van der Waals surface area contributed by atoms with Crippen LogP contribution in [0.4, 0.5) is 10.8 Å². The van der Waals surface area contributed by atoms with E-state index in [2.05, 4.69) is 32.9 Å². The smallest absolute Gasteiger partial charge is 0.207 e. The van der Waals surface area contributed by atoms with E-state index in [-0.39, 0.29) is 0 Å².